The zero-order chi connectivity index (χ0) is 19.2. The maximum atomic E-state index is 12.2. The molecule has 0 radical (unpaired) electrons. The SMILES string of the molecule is COc1ccc(NC(=O)Cc2csc(NC(=O)c3ccccc3)n2)cc1Cl. The van der Waals surface area contributed by atoms with E-state index in [1.54, 1.807) is 47.8 Å². The molecule has 0 spiro atoms. The lowest BCUT2D eigenvalue weighted by Crippen LogP contribution is -2.15. The number of aromatic nitrogens is 1. The van der Waals surface area contributed by atoms with Crippen molar-refractivity contribution in [2.75, 3.05) is 17.7 Å². The van der Waals surface area contributed by atoms with Crippen molar-refractivity contribution in [3.8, 4) is 5.75 Å². The minimum absolute atomic E-state index is 0.0847. The molecular formula is C19H16ClN3O3S. The largest absolute Gasteiger partial charge is 0.495 e. The molecule has 0 unspecified atom stereocenters. The van der Waals surface area contributed by atoms with Crippen LogP contribution >= 0.6 is 22.9 Å². The standard InChI is InChI=1S/C19H16ClN3O3S/c1-26-16-8-7-13(9-15(16)20)21-17(24)10-14-11-27-19(22-14)23-18(25)12-5-3-2-4-6-12/h2-9,11H,10H2,1H3,(H,21,24)(H,22,23,25). The summed E-state index contributed by atoms with van der Waals surface area (Å²) in [6, 6.07) is 13.9. The first-order valence-corrected chi connectivity index (χ1v) is 9.25. The molecule has 27 heavy (non-hydrogen) atoms. The predicted molar refractivity (Wildman–Crippen MR) is 107 cm³/mol. The number of methoxy groups -OCH3 is 1. The number of hydrogen-bond donors (Lipinski definition) is 2. The van der Waals surface area contributed by atoms with Crippen LogP contribution in [0.1, 0.15) is 16.1 Å². The number of rotatable bonds is 6. The fraction of sp³-hybridized carbons (Fsp3) is 0.105. The summed E-state index contributed by atoms with van der Waals surface area (Å²) < 4.78 is 5.08. The molecule has 0 aliphatic heterocycles. The summed E-state index contributed by atoms with van der Waals surface area (Å²) >= 11 is 7.32. The Morgan fingerprint density at radius 2 is 1.93 bits per heavy atom. The van der Waals surface area contributed by atoms with Crippen molar-refractivity contribution >= 4 is 45.6 Å². The van der Waals surface area contributed by atoms with Gasteiger partial charge in [-0.1, -0.05) is 29.8 Å². The topological polar surface area (TPSA) is 80.3 Å². The lowest BCUT2D eigenvalue weighted by molar-refractivity contribution is -0.115. The van der Waals surface area contributed by atoms with Gasteiger partial charge in [0.05, 0.1) is 24.2 Å². The van der Waals surface area contributed by atoms with E-state index in [0.29, 0.717) is 32.8 Å². The van der Waals surface area contributed by atoms with Crippen molar-refractivity contribution in [3.63, 3.8) is 0 Å². The summed E-state index contributed by atoms with van der Waals surface area (Å²) in [5.74, 6) is 0.0595. The summed E-state index contributed by atoms with van der Waals surface area (Å²) in [5, 5.41) is 8.08. The van der Waals surface area contributed by atoms with Crippen LogP contribution in [0.2, 0.25) is 5.02 Å². The highest BCUT2D eigenvalue weighted by molar-refractivity contribution is 7.14. The van der Waals surface area contributed by atoms with Crippen LogP contribution in [0.15, 0.2) is 53.9 Å². The van der Waals surface area contributed by atoms with Gasteiger partial charge in [0.2, 0.25) is 5.91 Å². The van der Waals surface area contributed by atoms with Crippen LogP contribution in [-0.4, -0.2) is 23.9 Å². The first kappa shape index (κ1) is 18.9. The third-order valence-corrected chi connectivity index (χ3v) is 4.69. The molecular weight excluding hydrogens is 386 g/mol. The van der Waals surface area contributed by atoms with E-state index >= 15 is 0 Å². The third-order valence-electron chi connectivity index (χ3n) is 3.59. The summed E-state index contributed by atoms with van der Waals surface area (Å²) in [5.41, 5.74) is 1.68. The number of anilines is 2. The van der Waals surface area contributed by atoms with Crippen LogP contribution in [0, 0.1) is 0 Å². The Bertz CT molecular complexity index is 960. The molecule has 2 aromatic carbocycles. The Morgan fingerprint density at radius 1 is 1.15 bits per heavy atom. The lowest BCUT2D eigenvalue weighted by atomic mass is 10.2. The summed E-state index contributed by atoms with van der Waals surface area (Å²) in [6.07, 6.45) is 0.0847. The highest BCUT2D eigenvalue weighted by Gasteiger charge is 2.12. The first-order chi connectivity index (χ1) is 13.0. The van der Waals surface area contributed by atoms with E-state index in [2.05, 4.69) is 15.6 Å². The maximum absolute atomic E-state index is 12.2. The molecule has 0 aliphatic carbocycles. The average molecular weight is 402 g/mol. The Balaban J connectivity index is 1.58. The molecule has 0 fully saturated rings. The van der Waals surface area contributed by atoms with Gasteiger partial charge in [-0.2, -0.15) is 0 Å². The smallest absolute Gasteiger partial charge is 0.257 e. The van der Waals surface area contributed by atoms with Gasteiger partial charge in [-0.3, -0.25) is 14.9 Å². The van der Waals surface area contributed by atoms with Crippen molar-refractivity contribution in [2.45, 2.75) is 6.42 Å². The molecule has 2 amide bonds. The van der Waals surface area contributed by atoms with E-state index in [0.717, 1.165) is 0 Å². The second-order valence-corrected chi connectivity index (χ2v) is 6.80. The van der Waals surface area contributed by atoms with Gasteiger partial charge in [-0.05, 0) is 30.3 Å². The number of benzene rings is 2. The highest BCUT2D eigenvalue weighted by Crippen LogP contribution is 2.27. The summed E-state index contributed by atoms with van der Waals surface area (Å²) in [4.78, 5) is 28.6. The number of amides is 2. The Labute approximate surface area is 165 Å². The summed E-state index contributed by atoms with van der Waals surface area (Å²) in [7, 11) is 1.52. The second-order valence-electron chi connectivity index (χ2n) is 5.54. The Kier molecular flexibility index (Phi) is 6.05. The zero-order valence-corrected chi connectivity index (χ0v) is 15.9. The van der Waals surface area contributed by atoms with Crippen molar-refractivity contribution in [2.24, 2.45) is 0 Å². The fourth-order valence-electron chi connectivity index (χ4n) is 2.32. The number of ether oxygens (including phenoxy) is 1. The number of hydrogen-bond acceptors (Lipinski definition) is 5. The number of thiazole rings is 1. The van der Waals surface area contributed by atoms with Crippen LogP contribution in [0.5, 0.6) is 5.75 Å². The van der Waals surface area contributed by atoms with E-state index in [9.17, 15) is 9.59 Å². The van der Waals surface area contributed by atoms with Gasteiger partial charge in [-0.25, -0.2) is 4.98 Å². The second kappa shape index (κ2) is 8.66. The van der Waals surface area contributed by atoms with Gasteiger partial charge in [0.25, 0.3) is 5.91 Å². The van der Waals surface area contributed by atoms with E-state index in [4.69, 9.17) is 16.3 Å². The Morgan fingerprint density at radius 3 is 2.63 bits per heavy atom. The van der Waals surface area contributed by atoms with Crippen molar-refractivity contribution in [3.05, 3.63) is 70.2 Å². The molecule has 0 atom stereocenters. The average Bonchev–Trinajstić information content (AvgIpc) is 3.09. The van der Waals surface area contributed by atoms with Crippen LogP contribution in [-0.2, 0) is 11.2 Å². The quantitative estimate of drug-likeness (QED) is 0.647. The number of nitrogens with one attached hydrogen (secondary N) is 2. The molecule has 1 heterocycles. The Hall–Kier alpha value is -2.90. The first-order valence-electron chi connectivity index (χ1n) is 7.99. The molecule has 1 aromatic heterocycles. The van der Waals surface area contributed by atoms with E-state index in [1.807, 2.05) is 6.07 Å². The minimum Gasteiger partial charge on any atom is -0.495 e. The maximum Gasteiger partial charge on any atom is 0.257 e. The molecule has 3 aromatic rings. The summed E-state index contributed by atoms with van der Waals surface area (Å²) in [6.45, 7) is 0. The number of nitrogens with zero attached hydrogens (tertiary/aromatic N) is 1. The van der Waals surface area contributed by atoms with Crippen LogP contribution in [0.4, 0.5) is 10.8 Å². The van der Waals surface area contributed by atoms with E-state index < -0.39 is 0 Å². The van der Waals surface area contributed by atoms with E-state index in [-0.39, 0.29) is 18.2 Å². The normalized spacial score (nSPS) is 10.3. The zero-order valence-electron chi connectivity index (χ0n) is 14.4. The number of carbonyl (C=O) groups is 2. The molecule has 6 nitrogen and oxygen atoms in total. The lowest BCUT2D eigenvalue weighted by Gasteiger charge is -2.07. The van der Waals surface area contributed by atoms with Crippen LogP contribution in [0.25, 0.3) is 0 Å². The molecule has 0 aliphatic rings. The molecule has 2 N–H and O–H groups in total. The number of carbonyl (C=O) groups excluding carboxylic acids is 2. The van der Waals surface area contributed by atoms with Gasteiger partial charge >= 0.3 is 0 Å². The molecule has 8 heteroatoms. The molecule has 0 saturated carbocycles. The number of halogens is 1. The van der Waals surface area contributed by atoms with Gasteiger partial charge in [0.15, 0.2) is 5.13 Å². The minimum atomic E-state index is -0.242. The van der Waals surface area contributed by atoms with Gasteiger partial charge in [0.1, 0.15) is 5.75 Å². The van der Waals surface area contributed by atoms with Gasteiger partial charge < -0.3 is 10.1 Å². The van der Waals surface area contributed by atoms with Crippen molar-refractivity contribution in [1.29, 1.82) is 0 Å². The van der Waals surface area contributed by atoms with Gasteiger partial charge in [0, 0.05) is 16.6 Å². The van der Waals surface area contributed by atoms with Crippen molar-refractivity contribution in [1.82, 2.24) is 4.98 Å². The molecule has 0 saturated heterocycles. The monoisotopic (exact) mass is 401 g/mol. The molecule has 0 bridgehead atoms. The van der Waals surface area contributed by atoms with Crippen LogP contribution < -0.4 is 15.4 Å². The van der Waals surface area contributed by atoms with Gasteiger partial charge in [-0.15, -0.1) is 11.3 Å². The molecule has 3 rings (SSSR count). The highest BCUT2D eigenvalue weighted by atomic mass is 35.5. The third kappa shape index (κ3) is 5.06. The molecule has 138 valence electrons. The predicted octanol–water partition coefficient (Wildman–Crippen LogP) is 4.24. The van der Waals surface area contributed by atoms with Crippen LogP contribution in [0.3, 0.4) is 0 Å². The fourth-order valence-corrected chi connectivity index (χ4v) is 3.28. The van der Waals surface area contributed by atoms with Crippen molar-refractivity contribution < 1.29 is 14.3 Å². The van der Waals surface area contributed by atoms with E-state index in [1.165, 1.54) is 18.4 Å².